The van der Waals surface area contributed by atoms with Gasteiger partial charge in [0.25, 0.3) is 0 Å². The zero-order valence-electron chi connectivity index (χ0n) is 10.5. The molecule has 2 aromatic carbocycles. The highest BCUT2D eigenvalue weighted by Crippen LogP contribution is 2.21. The molecule has 4 heteroatoms. The molecule has 0 radical (unpaired) electrons. The van der Waals surface area contributed by atoms with Crippen LogP contribution in [-0.2, 0) is 6.54 Å². The fourth-order valence-corrected chi connectivity index (χ4v) is 2.43. The van der Waals surface area contributed by atoms with E-state index >= 15 is 0 Å². The van der Waals surface area contributed by atoms with E-state index in [1.807, 2.05) is 36.7 Å². The maximum absolute atomic E-state index is 4.68. The third kappa shape index (κ3) is 1.50. The summed E-state index contributed by atoms with van der Waals surface area (Å²) in [4.78, 5) is 13.7. The van der Waals surface area contributed by atoms with Gasteiger partial charge in [0, 0.05) is 6.54 Å². The standard InChI is InChI=1S/C15H12N4/c1-2-19-9-16-14-7-12-13(8-15(14)19)18-11-6-4-3-5-10(11)17-12/h3-9H,2H2,1H3. The zero-order valence-corrected chi connectivity index (χ0v) is 10.5. The molecule has 4 nitrogen and oxygen atoms in total. The Morgan fingerprint density at radius 3 is 2.26 bits per heavy atom. The number of aryl methyl sites for hydroxylation is 1. The van der Waals surface area contributed by atoms with Crippen LogP contribution >= 0.6 is 0 Å². The Labute approximate surface area is 109 Å². The molecule has 4 aromatic rings. The van der Waals surface area contributed by atoms with E-state index in [0.717, 1.165) is 39.6 Å². The lowest BCUT2D eigenvalue weighted by Crippen LogP contribution is -1.92. The van der Waals surface area contributed by atoms with Crippen molar-refractivity contribution in [2.75, 3.05) is 0 Å². The average Bonchev–Trinajstić information content (AvgIpc) is 2.84. The highest BCUT2D eigenvalue weighted by Gasteiger charge is 2.06. The van der Waals surface area contributed by atoms with Crippen LogP contribution in [0, 0.1) is 0 Å². The fraction of sp³-hybridized carbons (Fsp3) is 0.133. The molecule has 0 aliphatic carbocycles. The van der Waals surface area contributed by atoms with Gasteiger partial charge >= 0.3 is 0 Å². The van der Waals surface area contributed by atoms with E-state index in [1.54, 1.807) is 0 Å². The van der Waals surface area contributed by atoms with E-state index < -0.39 is 0 Å². The minimum absolute atomic E-state index is 0.896. The van der Waals surface area contributed by atoms with Gasteiger partial charge in [-0.2, -0.15) is 0 Å². The summed E-state index contributed by atoms with van der Waals surface area (Å²) in [6, 6.07) is 12.0. The van der Waals surface area contributed by atoms with Crippen LogP contribution < -0.4 is 0 Å². The third-order valence-corrected chi connectivity index (χ3v) is 3.42. The Hall–Kier alpha value is -2.49. The van der Waals surface area contributed by atoms with Gasteiger partial charge in [0.2, 0.25) is 0 Å². The first-order valence-electron chi connectivity index (χ1n) is 6.36. The minimum Gasteiger partial charge on any atom is -0.331 e. The smallest absolute Gasteiger partial charge is 0.0958 e. The Balaban J connectivity index is 2.15. The van der Waals surface area contributed by atoms with Gasteiger partial charge in [-0.25, -0.2) is 15.0 Å². The SMILES string of the molecule is CCn1cnc2cc3nc4ccccc4nc3cc21. The molecule has 19 heavy (non-hydrogen) atoms. The van der Waals surface area contributed by atoms with Crippen molar-refractivity contribution in [2.24, 2.45) is 0 Å². The quantitative estimate of drug-likeness (QED) is 0.486. The lowest BCUT2D eigenvalue weighted by atomic mass is 10.2. The van der Waals surface area contributed by atoms with Crippen LogP contribution in [0.25, 0.3) is 33.1 Å². The maximum atomic E-state index is 4.68. The van der Waals surface area contributed by atoms with Crippen LogP contribution in [-0.4, -0.2) is 19.5 Å². The predicted octanol–water partition coefficient (Wildman–Crippen LogP) is 3.15. The molecule has 0 saturated heterocycles. The van der Waals surface area contributed by atoms with Gasteiger partial charge in [0.1, 0.15) is 0 Å². The topological polar surface area (TPSA) is 43.6 Å². The van der Waals surface area contributed by atoms with Gasteiger partial charge in [-0.05, 0) is 31.2 Å². The molecule has 0 atom stereocenters. The summed E-state index contributed by atoms with van der Waals surface area (Å²) in [5, 5.41) is 0. The van der Waals surface area contributed by atoms with Crippen molar-refractivity contribution in [2.45, 2.75) is 13.5 Å². The van der Waals surface area contributed by atoms with Crippen molar-refractivity contribution in [3.05, 3.63) is 42.7 Å². The monoisotopic (exact) mass is 248 g/mol. The molecule has 2 heterocycles. The van der Waals surface area contributed by atoms with Crippen molar-refractivity contribution in [3.8, 4) is 0 Å². The van der Waals surface area contributed by atoms with Crippen LogP contribution in [0.1, 0.15) is 6.92 Å². The molecule has 0 unspecified atom stereocenters. The fourth-order valence-electron chi connectivity index (χ4n) is 2.43. The molecule has 4 rings (SSSR count). The minimum atomic E-state index is 0.896. The summed E-state index contributed by atoms with van der Waals surface area (Å²) in [5.41, 5.74) is 5.74. The van der Waals surface area contributed by atoms with Gasteiger partial charge < -0.3 is 4.57 Å². The van der Waals surface area contributed by atoms with Gasteiger partial charge in [-0.1, -0.05) is 12.1 Å². The molecule has 0 N–H and O–H groups in total. The first kappa shape index (κ1) is 10.4. The molecular formula is C15H12N4. The number of fused-ring (bicyclic) bond motifs is 3. The van der Waals surface area contributed by atoms with E-state index in [4.69, 9.17) is 0 Å². The van der Waals surface area contributed by atoms with Crippen molar-refractivity contribution >= 4 is 33.1 Å². The largest absolute Gasteiger partial charge is 0.331 e. The number of hydrogen-bond donors (Lipinski definition) is 0. The summed E-state index contributed by atoms with van der Waals surface area (Å²) >= 11 is 0. The van der Waals surface area contributed by atoms with Crippen LogP contribution in [0.5, 0.6) is 0 Å². The number of aromatic nitrogens is 4. The number of para-hydroxylation sites is 2. The van der Waals surface area contributed by atoms with E-state index in [0.29, 0.717) is 0 Å². The molecule has 2 aromatic heterocycles. The van der Waals surface area contributed by atoms with Crippen molar-refractivity contribution < 1.29 is 0 Å². The predicted molar refractivity (Wildman–Crippen MR) is 76.0 cm³/mol. The zero-order chi connectivity index (χ0) is 12.8. The summed E-state index contributed by atoms with van der Waals surface area (Å²) in [6.45, 7) is 3.01. The van der Waals surface area contributed by atoms with Crippen molar-refractivity contribution in [1.82, 2.24) is 19.5 Å². The number of nitrogens with zero attached hydrogens (tertiary/aromatic N) is 4. The molecule has 0 saturated carbocycles. The maximum Gasteiger partial charge on any atom is 0.0958 e. The highest BCUT2D eigenvalue weighted by atomic mass is 15.0. The molecule has 0 amide bonds. The molecule has 0 aliphatic heterocycles. The van der Waals surface area contributed by atoms with Crippen molar-refractivity contribution in [1.29, 1.82) is 0 Å². The van der Waals surface area contributed by atoms with E-state index in [9.17, 15) is 0 Å². The first-order valence-corrected chi connectivity index (χ1v) is 6.36. The second-order valence-electron chi connectivity index (χ2n) is 4.57. The van der Waals surface area contributed by atoms with Gasteiger partial charge in [-0.15, -0.1) is 0 Å². The molecule has 92 valence electrons. The summed E-state index contributed by atoms with van der Waals surface area (Å²) in [5.74, 6) is 0. The lowest BCUT2D eigenvalue weighted by molar-refractivity contribution is 0.787. The lowest BCUT2D eigenvalue weighted by Gasteiger charge is -2.02. The molecule has 0 fully saturated rings. The molecule has 0 spiro atoms. The van der Waals surface area contributed by atoms with E-state index in [1.165, 1.54) is 0 Å². The number of imidazole rings is 1. The Morgan fingerprint density at radius 1 is 0.895 bits per heavy atom. The molecule has 0 bridgehead atoms. The van der Waals surface area contributed by atoms with E-state index in [-0.39, 0.29) is 0 Å². The first-order chi connectivity index (χ1) is 9.35. The summed E-state index contributed by atoms with van der Waals surface area (Å²) in [7, 11) is 0. The normalized spacial score (nSPS) is 11.6. The van der Waals surface area contributed by atoms with Gasteiger partial charge in [-0.3, -0.25) is 0 Å². The van der Waals surface area contributed by atoms with E-state index in [2.05, 4.69) is 32.5 Å². The van der Waals surface area contributed by atoms with Gasteiger partial charge in [0.15, 0.2) is 0 Å². The average molecular weight is 248 g/mol. The molecular weight excluding hydrogens is 236 g/mol. The van der Waals surface area contributed by atoms with Gasteiger partial charge in [0.05, 0.1) is 39.4 Å². The van der Waals surface area contributed by atoms with Crippen LogP contribution in [0.2, 0.25) is 0 Å². The summed E-state index contributed by atoms with van der Waals surface area (Å²) < 4.78 is 2.12. The van der Waals surface area contributed by atoms with Crippen LogP contribution in [0.15, 0.2) is 42.7 Å². The molecule has 0 aliphatic rings. The van der Waals surface area contributed by atoms with Crippen LogP contribution in [0.3, 0.4) is 0 Å². The third-order valence-electron chi connectivity index (χ3n) is 3.42. The second kappa shape index (κ2) is 3.75. The second-order valence-corrected chi connectivity index (χ2v) is 4.57. The number of benzene rings is 2. The summed E-state index contributed by atoms with van der Waals surface area (Å²) in [6.07, 6.45) is 1.86. The number of rotatable bonds is 1. The van der Waals surface area contributed by atoms with Crippen molar-refractivity contribution in [3.63, 3.8) is 0 Å². The number of hydrogen-bond acceptors (Lipinski definition) is 3. The highest BCUT2D eigenvalue weighted by molar-refractivity contribution is 5.94. The Bertz CT molecular complexity index is 908. The van der Waals surface area contributed by atoms with Crippen LogP contribution in [0.4, 0.5) is 0 Å². The Morgan fingerprint density at radius 2 is 1.58 bits per heavy atom. The Kier molecular flexibility index (Phi) is 2.06.